The van der Waals surface area contributed by atoms with Crippen molar-refractivity contribution in [2.75, 3.05) is 22.8 Å². The molecule has 0 unspecified atom stereocenters. The molecule has 1 N–H and O–H groups in total. The Bertz CT molecular complexity index is 1010. The van der Waals surface area contributed by atoms with Crippen LogP contribution in [0.1, 0.15) is 5.56 Å². The number of hydrogen-bond acceptors (Lipinski definition) is 4. The summed E-state index contributed by atoms with van der Waals surface area (Å²) in [6.07, 6.45) is 0.546. The van der Waals surface area contributed by atoms with Crippen molar-refractivity contribution in [3.63, 3.8) is 0 Å². The van der Waals surface area contributed by atoms with E-state index in [1.54, 1.807) is 6.07 Å². The van der Waals surface area contributed by atoms with Crippen molar-refractivity contribution in [2.45, 2.75) is 11.3 Å². The quantitative estimate of drug-likeness (QED) is 0.866. The second-order valence-electron chi connectivity index (χ2n) is 5.68. The molecule has 0 saturated heterocycles. The summed E-state index contributed by atoms with van der Waals surface area (Å²) in [5.41, 5.74) is 0.584. The summed E-state index contributed by atoms with van der Waals surface area (Å²) < 4.78 is 46.8. The van der Waals surface area contributed by atoms with E-state index in [-0.39, 0.29) is 27.0 Å². The van der Waals surface area contributed by atoms with Gasteiger partial charge in [0.1, 0.15) is 28.7 Å². The van der Waals surface area contributed by atoms with E-state index in [1.807, 2.05) is 0 Å². The minimum atomic E-state index is -4.18. The molecule has 0 radical (unpaired) electrons. The molecule has 25 heavy (non-hydrogen) atoms. The first-order chi connectivity index (χ1) is 11.9. The predicted molar refractivity (Wildman–Crippen MR) is 90.2 cm³/mol. The first-order valence-corrected chi connectivity index (χ1v) is 9.26. The van der Waals surface area contributed by atoms with Crippen molar-refractivity contribution < 1.29 is 22.3 Å². The molecular formula is C16H12ClFN2O4S. The molecule has 0 bridgehead atoms. The molecule has 0 fully saturated rings. The first-order valence-electron chi connectivity index (χ1n) is 7.44. The fourth-order valence-corrected chi connectivity index (χ4v) is 4.94. The highest BCUT2D eigenvalue weighted by Crippen LogP contribution is 2.41. The molecule has 0 saturated carbocycles. The topological polar surface area (TPSA) is 75.7 Å². The third kappa shape index (κ3) is 2.52. The number of nitrogens with zero attached hydrogens (tertiary/aromatic N) is 1. The van der Waals surface area contributed by atoms with Crippen LogP contribution in [0.15, 0.2) is 35.2 Å². The maximum atomic E-state index is 14.0. The number of anilines is 2. The molecule has 0 aromatic heterocycles. The molecular weight excluding hydrogens is 371 g/mol. The molecule has 0 spiro atoms. The Labute approximate surface area is 148 Å². The third-order valence-electron chi connectivity index (χ3n) is 4.09. The average Bonchev–Trinajstić information content (AvgIpc) is 3.02. The largest absolute Gasteiger partial charge is 0.492 e. The molecule has 6 nitrogen and oxygen atoms in total. The highest BCUT2D eigenvalue weighted by atomic mass is 35.5. The second kappa shape index (κ2) is 5.60. The molecule has 2 heterocycles. The summed E-state index contributed by atoms with van der Waals surface area (Å²) >= 11 is 6.05. The lowest BCUT2D eigenvalue weighted by atomic mass is 10.2. The number of fused-ring (bicyclic) bond motifs is 2. The van der Waals surface area contributed by atoms with Gasteiger partial charge < -0.3 is 10.1 Å². The Balaban J connectivity index is 1.91. The lowest BCUT2D eigenvalue weighted by molar-refractivity contribution is -0.115. The number of benzene rings is 2. The molecule has 4 rings (SSSR count). The standard InChI is InChI=1S/C16H12ClFN2O4S/c17-10-6-9-4-5-24-16(9)13(7-10)25(22,23)20-8-14(21)19-15-11(18)2-1-3-12(15)20/h1-3,6-7H,4-5,8H2,(H,19,21). The van der Waals surface area contributed by atoms with Crippen LogP contribution in [0, 0.1) is 5.82 Å². The van der Waals surface area contributed by atoms with Gasteiger partial charge in [0, 0.05) is 17.0 Å². The third-order valence-corrected chi connectivity index (χ3v) is 6.08. The molecule has 2 aromatic rings. The maximum absolute atomic E-state index is 14.0. The monoisotopic (exact) mass is 382 g/mol. The first kappa shape index (κ1) is 16.2. The SMILES string of the molecule is O=C1CN(S(=O)(=O)c2cc(Cl)cc3c2OCC3)c2cccc(F)c2N1. The van der Waals surface area contributed by atoms with Crippen LogP contribution < -0.4 is 14.4 Å². The number of nitrogens with one attached hydrogen (secondary N) is 1. The Morgan fingerprint density at radius 3 is 2.88 bits per heavy atom. The molecule has 2 aromatic carbocycles. The number of para-hydroxylation sites is 1. The zero-order chi connectivity index (χ0) is 17.8. The van der Waals surface area contributed by atoms with Gasteiger partial charge in [0.2, 0.25) is 5.91 Å². The summed E-state index contributed by atoms with van der Waals surface area (Å²) in [4.78, 5) is 11.8. The van der Waals surface area contributed by atoms with E-state index in [4.69, 9.17) is 16.3 Å². The number of amides is 1. The summed E-state index contributed by atoms with van der Waals surface area (Å²) in [6, 6.07) is 6.90. The van der Waals surface area contributed by atoms with Crippen LogP contribution in [0.25, 0.3) is 0 Å². The van der Waals surface area contributed by atoms with Crippen molar-refractivity contribution in [1.29, 1.82) is 0 Å². The maximum Gasteiger partial charge on any atom is 0.268 e. The summed E-state index contributed by atoms with van der Waals surface area (Å²) in [5.74, 6) is -1.10. The fourth-order valence-electron chi connectivity index (χ4n) is 3.00. The van der Waals surface area contributed by atoms with Crippen molar-refractivity contribution >= 4 is 38.9 Å². The van der Waals surface area contributed by atoms with Gasteiger partial charge in [-0.3, -0.25) is 9.10 Å². The van der Waals surface area contributed by atoms with Gasteiger partial charge in [-0.2, -0.15) is 0 Å². The average molecular weight is 383 g/mol. The summed E-state index contributed by atoms with van der Waals surface area (Å²) in [6.45, 7) is -0.107. The number of rotatable bonds is 2. The van der Waals surface area contributed by atoms with Crippen LogP contribution in [0.3, 0.4) is 0 Å². The fraction of sp³-hybridized carbons (Fsp3) is 0.188. The van der Waals surface area contributed by atoms with Crippen LogP contribution in [-0.2, 0) is 21.2 Å². The van der Waals surface area contributed by atoms with Crippen LogP contribution in [0.2, 0.25) is 5.02 Å². The van der Waals surface area contributed by atoms with Crippen LogP contribution in [0.5, 0.6) is 5.75 Å². The number of carbonyl (C=O) groups excluding carboxylic acids is 1. The zero-order valence-corrected chi connectivity index (χ0v) is 14.3. The highest BCUT2D eigenvalue weighted by molar-refractivity contribution is 7.93. The smallest absolute Gasteiger partial charge is 0.268 e. The minimum absolute atomic E-state index is 0.0614. The lowest BCUT2D eigenvalue weighted by Crippen LogP contribution is -2.42. The predicted octanol–water partition coefficient (Wildman–Crippen LogP) is 2.56. The lowest BCUT2D eigenvalue weighted by Gasteiger charge is -2.30. The van der Waals surface area contributed by atoms with Crippen molar-refractivity contribution in [2.24, 2.45) is 0 Å². The molecule has 2 aliphatic heterocycles. The molecule has 2 aliphatic rings. The van der Waals surface area contributed by atoms with Gasteiger partial charge >= 0.3 is 0 Å². The van der Waals surface area contributed by atoms with Crippen LogP contribution in [-0.4, -0.2) is 27.5 Å². The van der Waals surface area contributed by atoms with Crippen molar-refractivity contribution in [1.82, 2.24) is 0 Å². The van der Waals surface area contributed by atoms with E-state index >= 15 is 0 Å². The van der Waals surface area contributed by atoms with E-state index in [2.05, 4.69) is 5.32 Å². The number of halogens is 2. The Morgan fingerprint density at radius 1 is 1.28 bits per heavy atom. The molecule has 9 heteroatoms. The van der Waals surface area contributed by atoms with E-state index in [0.29, 0.717) is 18.6 Å². The van der Waals surface area contributed by atoms with Gasteiger partial charge in [0.15, 0.2) is 0 Å². The van der Waals surface area contributed by atoms with Gasteiger partial charge in [-0.1, -0.05) is 17.7 Å². The van der Waals surface area contributed by atoms with Crippen LogP contribution in [0.4, 0.5) is 15.8 Å². The number of carbonyl (C=O) groups is 1. The second-order valence-corrected chi connectivity index (χ2v) is 7.95. The van der Waals surface area contributed by atoms with Crippen molar-refractivity contribution in [3.8, 4) is 5.75 Å². The van der Waals surface area contributed by atoms with E-state index < -0.39 is 28.3 Å². The van der Waals surface area contributed by atoms with E-state index in [9.17, 15) is 17.6 Å². The minimum Gasteiger partial charge on any atom is -0.492 e. The number of ether oxygens (including phenoxy) is 1. The molecule has 0 aliphatic carbocycles. The van der Waals surface area contributed by atoms with Gasteiger partial charge in [-0.15, -0.1) is 0 Å². The van der Waals surface area contributed by atoms with Gasteiger partial charge in [-0.05, 0) is 24.3 Å². The van der Waals surface area contributed by atoms with E-state index in [0.717, 1.165) is 10.4 Å². The zero-order valence-electron chi connectivity index (χ0n) is 12.8. The summed E-state index contributed by atoms with van der Waals surface area (Å²) in [7, 11) is -4.18. The number of hydrogen-bond donors (Lipinski definition) is 1. The molecule has 0 atom stereocenters. The van der Waals surface area contributed by atoms with E-state index in [1.165, 1.54) is 18.2 Å². The highest BCUT2D eigenvalue weighted by Gasteiger charge is 2.37. The van der Waals surface area contributed by atoms with Crippen LogP contribution >= 0.6 is 11.6 Å². The Kier molecular flexibility index (Phi) is 3.62. The van der Waals surface area contributed by atoms with Gasteiger partial charge in [0.05, 0.1) is 12.3 Å². The molecule has 130 valence electrons. The van der Waals surface area contributed by atoms with Crippen molar-refractivity contribution in [3.05, 3.63) is 46.7 Å². The Morgan fingerprint density at radius 2 is 2.08 bits per heavy atom. The molecule has 1 amide bonds. The number of sulfonamides is 1. The van der Waals surface area contributed by atoms with Gasteiger partial charge in [-0.25, -0.2) is 12.8 Å². The van der Waals surface area contributed by atoms with Gasteiger partial charge in [0.25, 0.3) is 10.0 Å². The normalized spacial score (nSPS) is 16.1. The summed E-state index contributed by atoms with van der Waals surface area (Å²) in [5, 5.41) is 2.62. The Hall–Kier alpha value is -2.32.